The van der Waals surface area contributed by atoms with E-state index in [0.29, 0.717) is 17.2 Å². The van der Waals surface area contributed by atoms with Gasteiger partial charge >= 0.3 is 5.63 Å². The van der Waals surface area contributed by atoms with Crippen molar-refractivity contribution in [2.24, 2.45) is 0 Å². The van der Waals surface area contributed by atoms with E-state index in [-0.39, 0.29) is 5.63 Å². The third-order valence-corrected chi connectivity index (χ3v) is 6.18. The molecule has 30 heavy (non-hydrogen) atoms. The van der Waals surface area contributed by atoms with Crippen LogP contribution in [0.4, 0.5) is 5.69 Å². The summed E-state index contributed by atoms with van der Waals surface area (Å²) >= 11 is 0. The summed E-state index contributed by atoms with van der Waals surface area (Å²) in [5.41, 5.74) is 5.72. The largest absolute Gasteiger partial charge is 0.422 e. The zero-order valence-electron chi connectivity index (χ0n) is 17.8. The van der Waals surface area contributed by atoms with E-state index in [2.05, 4.69) is 34.9 Å². The zero-order valence-corrected chi connectivity index (χ0v) is 17.8. The minimum absolute atomic E-state index is 0.314. The lowest BCUT2D eigenvalue weighted by atomic mass is 10.1. The number of hydrogen-bond donors (Lipinski definition) is 0. The van der Waals surface area contributed by atoms with Crippen molar-refractivity contribution in [2.45, 2.75) is 26.3 Å². The van der Waals surface area contributed by atoms with E-state index in [1.165, 1.54) is 0 Å². The van der Waals surface area contributed by atoms with Gasteiger partial charge in [0.1, 0.15) is 5.58 Å². The summed E-state index contributed by atoms with van der Waals surface area (Å²) in [6.45, 7) is 5.96. The molecule has 0 radical (unpaired) electrons. The Bertz CT molecular complexity index is 1320. The van der Waals surface area contributed by atoms with Crippen LogP contribution >= 0.6 is 0 Å². The molecule has 5 rings (SSSR count). The van der Waals surface area contributed by atoms with Gasteiger partial charge in [-0.3, -0.25) is 4.98 Å². The maximum absolute atomic E-state index is 12.8. The molecule has 0 amide bonds. The van der Waals surface area contributed by atoms with Gasteiger partial charge in [0, 0.05) is 54.2 Å². The van der Waals surface area contributed by atoms with Crippen molar-refractivity contribution in [3.05, 3.63) is 64.5 Å². The predicted octanol–water partition coefficient (Wildman–Crippen LogP) is 3.86. The van der Waals surface area contributed by atoms with Gasteiger partial charge in [0.15, 0.2) is 0 Å². The molecule has 1 aliphatic rings. The normalized spacial score (nSPS) is 17.0. The SMILES string of the molecule is Cc1cn2cc(-c3cc4ccc(N5CC[C@@H](N(C)C)C5)cc4oc3=O)cc2c(C)n1. The standard InChI is InChI=1S/C24H26N4O2/c1-15-12-28-13-18(10-22(28)16(2)25-15)21-9-17-5-6-19(11-23(17)30-24(21)29)27-8-7-20(14-27)26(3)4/h5-6,9-13,20H,7-8,14H2,1-4H3/t20-/m1/s1. The highest BCUT2D eigenvalue weighted by Crippen LogP contribution is 2.29. The van der Waals surface area contributed by atoms with Crippen LogP contribution in [0.15, 0.2) is 51.9 Å². The molecular formula is C24H26N4O2. The number of fused-ring (bicyclic) bond motifs is 2. The Hall–Kier alpha value is -3.12. The summed E-state index contributed by atoms with van der Waals surface area (Å²) in [7, 11) is 4.25. The first kappa shape index (κ1) is 18.9. The Morgan fingerprint density at radius 3 is 2.73 bits per heavy atom. The fourth-order valence-electron chi connectivity index (χ4n) is 4.47. The smallest absolute Gasteiger partial charge is 0.344 e. The molecule has 0 saturated carbocycles. The Balaban J connectivity index is 1.53. The highest BCUT2D eigenvalue weighted by molar-refractivity contribution is 5.85. The van der Waals surface area contributed by atoms with Gasteiger partial charge in [-0.1, -0.05) is 0 Å². The maximum Gasteiger partial charge on any atom is 0.344 e. The summed E-state index contributed by atoms with van der Waals surface area (Å²) in [5.74, 6) is 0. The van der Waals surface area contributed by atoms with Crippen molar-refractivity contribution in [3.63, 3.8) is 0 Å². The van der Waals surface area contributed by atoms with Crippen LogP contribution in [0, 0.1) is 13.8 Å². The van der Waals surface area contributed by atoms with Crippen LogP contribution in [-0.2, 0) is 0 Å². The molecule has 4 heterocycles. The van der Waals surface area contributed by atoms with Crippen LogP contribution in [-0.4, -0.2) is 47.5 Å². The molecule has 1 fully saturated rings. The lowest BCUT2D eigenvalue weighted by Gasteiger charge is -2.22. The third kappa shape index (κ3) is 3.17. The van der Waals surface area contributed by atoms with Crippen molar-refractivity contribution in [1.82, 2.24) is 14.3 Å². The Kier molecular flexibility index (Phi) is 4.40. The molecule has 3 aromatic heterocycles. The maximum atomic E-state index is 12.8. The molecule has 1 atom stereocenters. The second kappa shape index (κ2) is 6.99. The van der Waals surface area contributed by atoms with Gasteiger partial charge in [0.25, 0.3) is 0 Å². The first-order chi connectivity index (χ1) is 14.4. The van der Waals surface area contributed by atoms with Gasteiger partial charge in [-0.2, -0.15) is 0 Å². The lowest BCUT2D eigenvalue weighted by Crippen LogP contribution is -2.31. The Labute approximate surface area is 175 Å². The van der Waals surface area contributed by atoms with Crippen molar-refractivity contribution >= 4 is 22.2 Å². The molecule has 6 nitrogen and oxygen atoms in total. The predicted molar refractivity (Wildman–Crippen MR) is 120 cm³/mol. The lowest BCUT2D eigenvalue weighted by molar-refractivity contribution is 0.315. The summed E-state index contributed by atoms with van der Waals surface area (Å²) in [6, 6.07) is 10.7. The van der Waals surface area contributed by atoms with Gasteiger partial charge in [-0.25, -0.2) is 4.79 Å². The third-order valence-electron chi connectivity index (χ3n) is 6.18. The molecule has 0 N–H and O–H groups in total. The quantitative estimate of drug-likeness (QED) is 0.487. The van der Waals surface area contributed by atoms with Crippen molar-refractivity contribution in [3.8, 4) is 11.1 Å². The molecule has 0 aliphatic carbocycles. The van der Waals surface area contributed by atoms with Crippen molar-refractivity contribution < 1.29 is 4.42 Å². The minimum Gasteiger partial charge on any atom is -0.422 e. The van der Waals surface area contributed by atoms with E-state index in [0.717, 1.165) is 53.1 Å². The number of aromatic nitrogens is 2. The molecule has 6 heteroatoms. The van der Waals surface area contributed by atoms with Crippen LogP contribution in [0.25, 0.3) is 27.6 Å². The van der Waals surface area contributed by atoms with Crippen LogP contribution in [0.3, 0.4) is 0 Å². The number of rotatable bonds is 3. The van der Waals surface area contributed by atoms with Crippen molar-refractivity contribution in [2.75, 3.05) is 32.1 Å². The number of hydrogen-bond acceptors (Lipinski definition) is 5. The summed E-state index contributed by atoms with van der Waals surface area (Å²) in [5, 5.41) is 0.929. The minimum atomic E-state index is -0.314. The number of aryl methyl sites for hydroxylation is 2. The molecule has 0 bridgehead atoms. The van der Waals surface area contributed by atoms with Crippen LogP contribution in [0.1, 0.15) is 17.8 Å². The Morgan fingerprint density at radius 2 is 1.97 bits per heavy atom. The molecule has 154 valence electrons. The van der Waals surface area contributed by atoms with Gasteiger partial charge in [-0.15, -0.1) is 0 Å². The topological polar surface area (TPSA) is 54.0 Å². The fraction of sp³-hybridized carbons (Fsp3) is 0.333. The first-order valence-corrected chi connectivity index (χ1v) is 10.3. The van der Waals surface area contributed by atoms with Crippen LogP contribution < -0.4 is 10.5 Å². The Morgan fingerprint density at radius 1 is 1.13 bits per heavy atom. The molecule has 0 unspecified atom stereocenters. The summed E-state index contributed by atoms with van der Waals surface area (Å²) < 4.78 is 7.78. The second-order valence-electron chi connectivity index (χ2n) is 8.51. The highest BCUT2D eigenvalue weighted by Gasteiger charge is 2.24. The van der Waals surface area contributed by atoms with E-state index in [4.69, 9.17) is 4.42 Å². The van der Waals surface area contributed by atoms with Crippen LogP contribution in [0.5, 0.6) is 0 Å². The molecule has 1 saturated heterocycles. The zero-order chi connectivity index (χ0) is 21.0. The highest BCUT2D eigenvalue weighted by atomic mass is 16.4. The van der Waals surface area contributed by atoms with E-state index in [1.807, 2.05) is 54.9 Å². The first-order valence-electron chi connectivity index (χ1n) is 10.3. The molecule has 4 aromatic rings. The number of likely N-dealkylation sites (N-methyl/N-ethyl adjacent to an activating group) is 1. The van der Waals surface area contributed by atoms with Gasteiger partial charge < -0.3 is 18.6 Å². The monoisotopic (exact) mass is 402 g/mol. The van der Waals surface area contributed by atoms with Gasteiger partial charge in [-0.05, 0) is 58.6 Å². The molecule has 1 aromatic carbocycles. The second-order valence-corrected chi connectivity index (χ2v) is 8.51. The average molecular weight is 402 g/mol. The fourth-order valence-corrected chi connectivity index (χ4v) is 4.47. The van der Waals surface area contributed by atoms with E-state index in [1.54, 1.807) is 0 Å². The van der Waals surface area contributed by atoms with E-state index < -0.39 is 0 Å². The molecular weight excluding hydrogens is 376 g/mol. The van der Waals surface area contributed by atoms with Gasteiger partial charge in [0.05, 0.1) is 22.5 Å². The summed E-state index contributed by atoms with van der Waals surface area (Å²) in [4.78, 5) is 22.0. The molecule has 0 spiro atoms. The number of anilines is 1. The molecule has 1 aliphatic heterocycles. The average Bonchev–Trinajstić information content (AvgIpc) is 3.34. The number of nitrogens with zero attached hydrogens (tertiary/aromatic N) is 4. The van der Waals surface area contributed by atoms with Crippen molar-refractivity contribution in [1.29, 1.82) is 0 Å². The van der Waals surface area contributed by atoms with E-state index in [9.17, 15) is 4.79 Å². The van der Waals surface area contributed by atoms with Crippen LogP contribution in [0.2, 0.25) is 0 Å². The van der Waals surface area contributed by atoms with E-state index >= 15 is 0 Å². The van der Waals surface area contributed by atoms with Gasteiger partial charge in [0.2, 0.25) is 0 Å². The number of benzene rings is 1. The summed E-state index contributed by atoms with van der Waals surface area (Å²) in [6.07, 6.45) is 5.08.